The van der Waals surface area contributed by atoms with Crippen LogP contribution in [0.2, 0.25) is 0 Å². The van der Waals surface area contributed by atoms with E-state index in [1.54, 1.807) is 0 Å². The highest BCUT2D eigenvalue weighted by molar-refractivity contribution is 5.79. The van der Waals surface area contributed by atoms with Crippen molar-refractivity contribution in [1.82, 2.24) is 0 Å². The van der Waals surface area contributed by atoms with E-state index in [-0.39, 0.29) is 30.3 Å². The largest absolute Gasteiger partial charge is 0.455 e. The standard InChI is InChI=1S/C18H26O6.C15H22O6/c19-16-15-14(23-18(24-15)9-5-2-6-10-18)13(21-16)12-11-20-17(22-12)7-3-1-4-8-17;1-14(2)20-11-10(18-13(16)12(11)21-14)9-8-17-15(19-9)6-4-3-5-7-15/h12-15H,1-11H2;9-12H,3-8H2,1-2H3/t12?,13?,14-,15-;9?,10?,11-,12-/m00/s1. The van der Waals surface area contributed by atoms with Crippen LogP contribution in [0.5, 0.6) is 0 Å². The predicted molar refractivity (Wildman–Crippen MR) is 152 cm³/mol. The maximum Gasteiger partial charge on any atom is 0.338 e. The summed E-state index contributed by atoms with van der Waals surface area (Å²) >= 11 is 0. The van der Waals surface area contributed by atoms with Gasteiger partial charge in [0.1, 0.15) is 24.4 Å². The van der Waals surface area contributed by atoms with Gasteiger partial charge in [0.2, 0.25) is 0 Å². The Morgan fingerprint density at radius 3 is 1.38 bits per heavy atom. The molecule has 3 saturated carbocycles. The van der Waals surface area contributed by atoms with Crippen molar-refractivity contribution in [3.8, 4) is 0 Å². The fraction of sp³-hybridized carbons (Fsp3) is 0.939. The fourth-order valence-electron chi connectivity index (χ4n) is 8.89. The summed E-state index contributed by atoms with van der Waals surface area (Å²) in [6.45, 7) is 4.54. The van der Waals surface area contributed by atoms with E-state index in [1.165, 1.54) is 19.3 Å². The molecular formula is C33H48O12. The van der Waals surface area contributed by atoms with E-state index in [0.717, 1.165) is 77.0 Å². The number of carbonyl (C=O) groups excluding carboxylic acids is 2. The predicted octanol–water partition coefficient (Wildman–Crippen LogP) is 3.94. The Bertz CT molecular complexity index is 1120. The van der Waals surface area contributed by atoms with Gasteiger partial charge in [-0.15, -0.1) is 0 Å². The van der Waals surface area contributed by atoms with Crippen molar-refractivity contribution in [1.29, 1.82) is 0 Å². The average molecular weight is 637 g/mol. The molecule has 0 radical (unpaired) electrons. The highest BCUT2D eigenvalue weighted by Gasteiger charge is 2.63. The van der Waals surface area contributed by atoms with Gasteiger partial charge in [0, 0.05) is 38.5 Å². The van der Waals surface area contributed by atoms with Gasteiger partial charge in [-0.1, -0.05) is 19.3 Å². The Labute approximate surface area is 264 Å². The second-order valence-corrected chi connectivity index (χ2v) is 14.8. The first-order valence-corrected chi connectivity index (χ1v) is 17.4. The van der Waals surface area contributed by atoms with Crippen LogP contribution >= 0.6 is 0 Å². The van der Waals surface area contributed by atoms with Crippen LogP contribution in [0.4, 0.5) is 0 Å². The van der Waals surface area contributed by atoms with Gasteiger partial charge in [0.25, 0.3) is 0 Å². The van der Waals surface area contributed by atoms with Crippen molar-refractivity contribution >= 4 is 11.9 Å². The zero-order valence-electron chi connectivity index (χ0n) is 26.5. The van der Waals surface area contributed by atoms with Crippen LogP contribution in [-0.4, -0.2) is 97.1 Å². The van der Waals surface area contributed by atoms with Crippen molar-refractivity contribution in [2.45, 2.75) is 182 Å². The van der Waals surface area contributed by atoms with E-state index in [4.69, 9.17) is 47.4 Å². The molecule has 0 aromatic heterocycles. The molecule has 6 heterocycles. The lowest BCUT2D eigenvalue weighted by Crippen LogP contribution is -2.43. The van der Waals surface area contributed by atoms with Gasteiger partial charge >= 0.3 is 11.9 Å². The Balaban J connectivity index is 0.000000135. The molecule has 9 aliphatic rings. The second-order valence-electron chi connectivity index (χ2n) is 14.8. The molecule has 3 aliphatic carbocycles. The van der Waals surface area contributed by atoms with Crippen LogP contribution in [0.25, 0.3) is 0 Å². The van der Waals surface area contributed by atoms with Crippen LogP contribution in [0, 0.1) is 0 Å². The van der Waals surface area contributed by atoms with Crippen LogP contribution in [0.3, 0.4) is 0 Å². The summed E-state index contributed by atoms with van der Waals surface area (Å²) in [5.41, 5.74) is 0. The molecule has 6 saturated heterocycles. The summed E-state index contributed by atoms with van der Waals surface area (Å²) in [4.78, 5) is 24.2. The van der Waals surface area contributed by atoms with E-state index in [9.17, 15) is 9.59 Å². The summed E-state index contributed by atoms with van der Waals surface area (Å²) in [7, 11) is 0. The molecule has 6 aliphatic heterocycles. The molecule has 45 heavy (non-hydrogen) atoms. The van der Waals surface area contributed by atoms with Gasteiger partial charge in [0.15, 0.2) is 47.6 Å². The summed E-state index contributed by atoms with van der Waals surface area (Å²) in [5, 5.41) is 0. The van der Waals surface area contributed by atoms with Crippen LogP contribution in [-0.2, 0) is 57.0 Å². The fourth-order valence-corrected chi connectivity index (χ4v) is 8.89. The van der Waals surface area contributed by atoms with Crippen molar-refractivity contribution in [2.24, 2.45) is 0 Å². The third kappa shape index (κ3) is 5.75. The minimum Gasteiger partial charge on any atom is -0.455 e. The zero-order valence-corrected chi connectivity index (χ0v) is 26.5. The van der Waals surface area contributed by atoms with Crippen molar-refractivity contribution < 1.29 is 57.0 Å². The lowest BCUT2D eigenvalue weighted by Gasteiger charge is -2.34. The normalized spacial score (nSPS) is 43.6. The molecule has 252 valence electrons. The van der Waals surface area contributed by atoms with Gasteiger partial charge in [-0.25, -0.2) is 9.59 Å². The Hall–Kier alpha value is -1.38. The molecule has 12 nitrogen and oxygen atoms in total. The van der Waals surface area contributed by atoms with Gasteiger partial charge < -0.3 is 47.4 Å². The second kappa shape index (κ2) is 11.6. The summed E-state index contributed by atoms with van der Waals surface area (Å²) in [6.07, 6.45) is 12.4. The highest BCUT2D eigenvalue weighted by atomic mass is 16.8. The van der Waals surface area contributed by atoms with Crippen LogP contribution in [0.15, 0.2) is 0 Å². The zero-order chi connectivity index (χ0) is 30.9. The Morgan fingerprint density at radius 1 is 0.467 bits per heavy atom. The molecule has 0 aromatic carbocycles. The summed E-state index contributed by atoms with van der Waals surface area (Å²) in [5.74, 6) is -2.93. The number of cyclic esters (lactones) is 2. The molecule has 4 unspecified atom stereocenters. The molecule has 9 fully saturated rings. The van der Waals surface area contributed by atoms with Crippen molar-refractivity contribution in [3.05, 3.63) is 0 Å². The first-order chi connectivity index (χ1) is 21.7. The smallest absolute Gasteiger partial charge is 0.338 e. The highest BCUT2D eigenvalue weighted by Crippen LogP contribution is 2.48. The van der Waals surface area contributed by atoms with Crippen molar-refractivity contribution in [3.63, 3.8) is 0 Å². The number of hydrogen-bond acceptors (Lipinski definition) is 12. The topological polar surface area (TPSA) is 126 Å². The summed E-state index contributed by atoms with van der Waals surface area (Å²) < 4.78 is 59.2. The summed E-state index contributed by atoms with van der Waals surface area (Å²) in [6, 6.07) is 0. The minimum absolute atomic E-state index is 0.246. The van der Waals surface area contributed by atoms with Gasteiger partial charge in [-0.05, 0) is 52.4 Å². The number of carbonyl (C=O) groups is 2. The van der Waals surface area contributed by atoms with Gasteiger partial charge in [0.05, 0.1) is 13.2 Å². The molecule has 12 heteroatoms. The monoisotopic (exact) mass is 636 g/mol. The molecular weight excluding hydrogens is 588 g/mol. The maximum atomic E-state index is 12.3. The number of fused-ring (bicyclic) bond motifs is 2. The molecule has 0 N–H and O–H groups in total. The molecule has 0 bridgehead atoms. The van der Waals surface area contributed by atoms with E-state index in [0.29, 0.717) is 13.2 Å². The van der Waals surface area contributed by atoms with Gasteiger partial charge in [-0.2, -0.15) is 0 Å². The SMILES string of the molecule is CC1(C)O[C@@H]2C(=O)OC(C3COC4(CCCCC4)O3)[C@@H]2O1.O=C1OC(C2COC3(CCCCC3)O2)[C@@H]2OC3(CCCCC3)O[C@H]12. The van der Waals surface area contributed by atoms with Crippen molar-refractivity contribution in [2.75, 3.05) is 13.2 Å². The lowest BCUT2D eigenvalue weighted by molar-refractivity contribution is -0.230. The Morgan fingerprint density at radius 2 is 0.889 bits per heavy atom. The maximum absolute atomic E-state index is 12.3. The first kappa shape index (κ1) is 30.9. The van der Waals surface area contributed by atoms with E-state index in [1.807, 2.05) is 13.8 Å². The van der Waals surface area contributed by atoms with Crippen LogP contribution < -0.4 is 0 Å². The van der Waals surface area contributed by atoms with E-state index >= 15 is 0 Å². The Kier molecular flexibility index (Phi) is 8.00. The number of hydrogen-bond donors (Lipinski definition) is 0. The number of ether oxygens (including phenoxy) is 10. The van der Waals surface area contributed by atoms with Crippen LogP contribution in [0.1, 0.15) is 110 Å². The number of rotatable bonds is 2. The molecule has 8 atom stereocenters. The lowest BCUT2D eigenvalue weighted by atomic mass is 9.94. The average Bonchev–Trinajstić information content (AvgIpc) is 3.87. The third-order valence-corrected chi connectivity index (χ3v) is 11.1. The quantitative estimate of drug-likeness (QED) is 0.408. The minimum atomic E-state index is -0.755. The third-order valence-electron chi connectivity index (χ3n) is 11.1. The molecule has 3 spiro atoms. The molecule has 0 amide bonds. The number of esters is 2. The van der Waals surface area contributed by atoms with E-state index < -0.39 is 53.7 Å². The first-order valence-electron chi connectivity index (χ1n) is 17.4. The van der Waals surface area contributed by atoms with Gasteiger partial charge in [-0.3, -0.25) is 0 Å². The molecule has 9 rings (SSSR count). The van der Waals surface area contributed by atoms with E-state index in [2.05, 4.69) is 0 Å². The molecule has 0 aromatic rings.